The van der Waals surface area contributed by atoms with Gasteiger partial charge in [0.25, 0.3) is 0 Å². The minimum absolute atomic E-state index is 0.0267. The summed E-state index contributed by atoms with van der Waals surface area (Å²) in [4.78, 5) is 28.9. The molecule has 0 spiro atoms. The lowest BCUT2D eigenvalue weighted by Crippen LogP contribution is -2.53. The number of carbonyl (C=O) groups excluding carboxylic acids is 2. The van der Waals surface area contributed by atoms with Gasteiger partial charge in [0.05, 0.1) is 5.92 Å². The van der Waals surface area contributed by atoms with Crippen molar-refractivity contribution in [2.24, 2.45) is 5.92 Å². The summed E-state index contributed by atoms with van der Waals surface area (Å²) in [5.41, 5.74) is 0.600. The standard InChI is InChI=1S/C26H29NO3/c1-18(19-11-7-5-8-12-19)27-22-15-16-23(28)26(27,20-13-9-6-10-14-20)17-21(22)24(29)30-25(2,3)4/h5-16,18,21-22H,17H2,1-4H3/t18-,21+,22+,26-/m0/s1. The molecule has 30 heavy (non-hydrogen) atoms. The lowest BCUT2D eigenvalue weighted by molar-refractivity contribution is -0.160. The number of ketones is 1. The Bertz CT molecular complexity index is 961. The SMILES string of the molecule is C[C@@H](c1ccccc1)N1[C@@H]2C=CC(=O)[C@@]1(c1ccccc1)C[C@H]2C(=O)OC(C)(C)C. The Hall–Kier alpha value is -2.72. The number of carbonyl (C=O) groups is 2. The summed E-state index contributed by atoms with van der Waals surface area (Å²) in [7, 11) is 0. The van der Waals surface area contributed by atoms with Crippen molar-refractivity contribution in [3.05, 3.63) is 83.9 Å². The predicted octanol–water partition coefficient (Wildman–Crippen LogP) is 4.81. The first kappa shape index (κ1) is 20.5. The molecule has 2 bridgehead atoms. The van der Waals surface area contributed by atoms with E-state index in [0.29, 0.717) is 6.42 Å². The van der Waals surface area contributed by atoms with Gasteiger partial charge in [0.15, 0.2) is 5.78 Å². The average molecular weight is 404 g/mol. The van der Waals surface area contributed by atoms with Gasteiger partial charge in [-0.15, -0.1) is 0 Å². The summed E-state index contributed by atoms with van der Waals surface area (Å²) in [5.74, 6) is -0.619. The van der Waals surface area contributed by atoms with Gasteiger partial charge in [0.1, 0.15) is 11.1 Å². The summed E-state index contributed by atoms with van der Waals surface area (Å²) >= 11 is 0. The molecule has 4 rings (SSSR count). The fourth-order valence-electron chi connectivity index (χ4n) is 4.98. The minimum atomic E-state index is -0.877. The van der Waals surface area contributed by atoms with Crippen LogP contribution in [-0.2, 0) is 19.9 Å². The van der Waals surface area contributed by atoms with Gasteiger partial charge in [0, 0.05) is 12.1 Å². The van der Waals surface area contributed by atoms with Crippen LogP contribution in [0.15, 0.2) is 72.8 Å². The molecule has 2 aliphatic rings. The highest BCUT2D eigenvalue weighted by atomic mass is 16.6. The van der Waals surface area contributed by atoms with Crippen molar-refractivity contribution < 1.29 is 14.3 Å². The highest BCUT2D eigenvalue weighted by molar-refractivity contribution is 6.01. The molecule has 4 heteroatoms. The van der Waals surface area contributed by atoms with E-state index < -0.39 is 17.1 Å². The van der Waals surface area contributed by atoms with Gasteiger partial charge in [-0.3, -0.25) is 14.5 Å². The molecule has 1 fully saturated rings. The molecule has 2 aromatic rings. The van der Waals surface area contributed by atoms with E-state index in [2.05, 4.69) is 24.0 Å². The first-order valence-corrected chi connectivity index (χ1v) is 10.6. The maximum atomic E-state index is 13.5. The Morgan fingerprint density at radius 2 is 1.67 bits per heavy atom. The molecule has 2 heterocycles. The van der Waals surface area contributed by atoms with Gasteiger partial charge in [-0.2, -0.15) is 0 Å². The van der Waals surface area contributed by atoms with E-state index in [-0.39, 0.29) is 23.8 Å². The molecule has 0 amide bonds. The number of ether oxygens (including phenoxy) is 1. The van der Waals surface area contributed by atoms with Crippen molar-refractivity contribution in [1.29, 1.82) is 0 Å². The zero-order valence-electron chi connectivity index (χ0n) is 18.0. The molecule has 0 saturated carbocycles. The molecular weight excluding hydrogens is 374 g/mol. The van der Waals surface area contributed by atoms with Crippen LogP contribution in [0.3, 0.4) is 0 Å². The van der Waals surface area contributed by atoms with Crippen molar-refractivity contribution in [2.75, 3.05) is 0 Å². The van der Waals surface area contributed by atoms with E-state index in [1.54, 1.807) is 6.08 Å². The average Bonchev–Trinajstić information content (AvgIpc) is 3.00. The third kappa shape index (κ3) is 3.39. The summed E-state index contributed by atoms with van der Waals surface area (Å²) < 4.78 is 5.77. The highest BCUT2D eigenvalue weighted by Crippen LogP contribution is 2.53. The highest BCUT2D eigenvalue weighted by Gasteiger charge is 2.61. The number of fused-ring (bicyclic) bond motifs is 2. The number of esters is 1. The van der Waals surface area contributed by atoms with Gasteiger partial charge in [-0.1, -0.05) is 66.7 Å². The molecule has 2 aromatic carbocycles. The van der Waals surface area contributed by atoms with E-state index in [1.165, 1.54) is 0 Å². The fourth-order valence-corrected chi connectivity index (χ4v) is 4.98. The van der Waals surface area contributed by atoms with E-state index in [4.69, 9.17) is 4.74 Å². The number of hydrogen-bond acceptors (Lipinski definition) is 4. The van der Waals surface area contributed by atoms with Crippen LogP contribution in [0, 0.1) is 5.92 Å². The normalized spacial score (nSPS) is 27.1. The topological polar surface area (TPSA) is 46.6 Å². The maximum Gasteiger partial charge on any atom is 0.311 e. The van der Waals surface area contributed by atoms with E-state index in [0.717, 1.165) is 11.1 Å². The zero-order valence-corrected chi connectivity index (χ0v) is 18.0. The van der Waals surface area contributed by atoms with Crippen LogP contribution < -0.4 is 0 Å². The van der Waals surface area contributed by atoms with Gasteiger partial charge in [-0.05, 0) is 51.3 Å². The minimum Gasteiger partial charge on any atom is -0.460 e. The van der Waals surface area contributed by atoms with Crippen LogP contribution in [-0.4, -0.2) is 28.3 Å². The third-order valence-electron chi connectivity index (χ3n) is 6.20. The van der Waals surface area contributed by atoms with E-state index in [9.17, 15) is 9.59 Å². The molecule has 156 valence electrons. The summed E-state index contributed by atoms with van der Waals surface area (Å²) in [6.07, 6.45) is 3.97. The molecule has 4 nitrogen and oxygen atoms in total. The van der Waals surface area contributed by atoms with Crippen molar-refractivity contribution in [2.45, 2.75) is 57.3 Å². The molecule has 0 aliphatic carbocycles. The molecule has 2 aliphatic heterocycles. The van der Waals surface area contributed by atoms with Gasteiger partial charge in [-0.25, -0.2) is 0 Å². The monoisotopic (exact) mass is 403 g/mol. The molecule has 1 saturated heterocycles. The second-order valence-corrected chi connectivity index (χ2v) is 9.28. The van der Waals surface area contributed by atoms with Crippen molar-refractivity contribution in [1.82, 2.24) is 4.90 Å². The van der Waals surface area contributed by atoms with Gasteiger partial charge < -0.3 is 4.74 Å². The Morgan fingerprint density at radius 3 is 2.27 bits per heavy atom. The van der Waals surface area contributed by atoms with Crippen molar-refractivity contribution >= 4 is 11.8 Å². The van der Waals surface area contributed by atoms with Gasteiger partial charge in [0.2, 0.25) is 0 Å². The Morgan fingerprint density at radius 1 is 1.07 bits per heavy atom. The molecule has 0 aromatic heterocycles. The maximum absolute atomic E-state index is 13.5. The van der Waals surface area contributed by atoms with Crippen LogP contribution in [0.5, 0.6) is 0 Å². The summed E-state index contributed by atoms with van der Waals surface area (Å²) in [6, 6.07) is 19.8. The zero-order chi connectivity index (χ0) is 21.5. The number of nitrogens with zero attached hydrogens (tertiary/aromatic N) is 1. The molecule has 0 unspecified atom stereocenters. The smallest absolute Gasteiger partial charge is 0.311 e. The van der Waals surface area contributed by atoms with Crippen LogP contribution in [0.4, 0.5) is 0 Å². The van der Waals surface area contributed by atoms with Crippen LogP contribution in [0.25, 0.3) is 0 Å². The summed E-state index contributed by atoms with van der Waals surface area (Å²) in [6.45, 7) is 7.75. The number of benzene rings is 2. The second-order valence-electron chi connectivity index (χ2n) is 9.28. The van der Waals surface area contributed by atoms with Crippen molar-refractivity contribution in [3.8, 4) is 0 Å². The molecule has 4 atom stereocenters. The quantitative estimate of drug-likeness (QED) is 0.687. The Kier molecular flexibility index (Phi) is 5.15. The molecule has 0 N–H and O–H groups in total. The van der Waals surface area contributed by atoms with E-state index in [1.807, 2.05) is 75.4 Å². The lowest BCUT2D eigenvalue weighted by Gasteiger charge is -2.45. The lowest BCUT2D eigenvalue weighted by atomic mass is 9.80. The molecular formula is C26H29NO3. The van der Waals surface area contributed by atoms with Gasteiger partial charge >= 0.3 is 5.97 Å². The van der Waals surface area contributed by atoms with Crippen molar-refractivity contribution in [3.63, 3.8) is 0 Å². The first-order chi connectivity index (χ1) is 14.2. The molecule has 0 radical (unpaired) electrons. The Balaban J connectivity index is 1.84. The van der Waals surface area contributed by atoms with Crippen LogP contribution in [0.1, 0.15) is 51.3 Å². The second kappa shape index (κ2) is 7.51. The third-order valence-corrected chi connectivity index (χ3v) is 6.20. The number of rotatable bonds is 4. The fraction of sp³-hybridized carbons (Fsp3) is 0.385. The first-order valence-electron chi connectivity index (χ1n) is 10.6. The van der Waals surface area contributed by atoms with Crippen LogP contribution >= 0.6 is 0 Å². The predicted molar refractivity (Wildman–Crippen MR) is 117 cm³/mol. The van der Waals surface area contributed by atoms with E-state index >= 15 is 0 Å². The number of hydrogen-bond donors (Lipinski definition) is 0. The van der Waals surface area contributed by atoms with Crippen LogP contribution in [0.2, 0.25) is 0 Å². The summed E-state index contributed by atoms with van der Waals surface area (Å²) in [5, 5.41) is 0. The largest absolute Gasteiger partial charge is 0.460 e. The Labute approximate surface area is 178 Å².